The number of aromatic hydroxyl groups is 1. The average molecular weight is 274 g/mol. The van der Waals surface area contributed by atoms with Crippen molar-refractivity contribution in [2.24, 2.45) is 0 Å². The van der Waals surface area contributed by atoms with E-state index in [1.54, 1.807) is 0 Å². The molecule has 1 fully saturated rings. The zero-order valence-electron chi connectivity index (χ0n) is 8.26. The summed E-state index contributed by atoms with van der Waals surface area (Å²) >= 11 is 3.22. The van der Waals surface area contributed by atoms with Crippen LogP contribution in [0, 0.1) is 5.82 Å². The topological polar surface area (TPSA) is 32.3 Å². The van der Waals surface area contributed by atoms with Crippen LogP contribution in [-0.4, -0.2) is 17.7 Å². The Hall–Kier alpha value is -0.610. The Bertz CT molecular complexity index is 364. The average Bonchev–Trinajstić information content (AvgIpc) is 2.71. The minimum Gasteiger partial charge on any atom is -0.507 e. The van der Waals surface area contributed by atoms with E-state index in [1.165, 1.54) is 12.1 Å². The second kappa shape index (κ2) is 4.49. The molecule has 1 aliphatic heterocycles. The monoisotopic (exact) mass is 273 g/mol. The van der Waals surface area contributed by atoms with E-state index >= 15 is 0 Å². The molecule has 2 nitrogen and oxygen atoms in total. The number of rotatable bonds is 2. The number of halogens is 2. The molecule has 0 amide bonds. The van der Waals surface area contributed by atoms with Gasteiger partial charge in [0.2, 0.25) is 0 Å². The standard InChI is InChI=1S/C11H13BrFNO/c12-11-8(6-7-2-1-5-14-7)9(13)3-4-10(11)15/h3-4,7,14-15H,1-2,5-6H2. The van der Waals surface area contributed by atoms with E-state index in [4.69, 9.17) is 0 Å². The van der Waals surface area contributed by atoms with E-state index in [2.05, 4.69) is 21.2 Å². The van der Waals surface area contributed by atoms with Crippen molar-refractivity contribution in [3.8, 4) is 5.75 Å². The van der Waals surface area contributed by atoms with Crippen LogP contribution in [0.25, 0.3) is 0 Å². The predicted molar refractivity (Wildman–Crippen MR) is 60.5 cm³/mol. The molecule has 2 N–H and O–H groups in total. The van der Waals surface area contributed by atoms with Crippen molar-refractivity contribution in [2.75, 3.05) is 6.54 Å². The van der Waals surface area contributed by atoms with E-state index in [1.807, 2.05) is 0 Å². The van der Waals surface area contributed by atoms with Crippen LogP contribution in [0.4, 0.5) is 4.39 Å². The number of phenols is 1. The summed E-state index contributed by atoms with van der Waals surface area (Å²) in [6.07, 6.45) is 2.84. The van der Waals surface area contributed by atoms with Gasteiger partial charge in [-0.25, -0.2) is 4.39 Å². The maximum absolute atomic E-state index is 13.5. The van der Waals surface area contributed by atoms with Crippen LogP contribution in [0.5, 0.6) is 5.75 Å². The Balaban J connectivity index is 2.22. The first-order valence-electron chi connectivity index (χ1n) is 5.07. The van der Waals surface area contributed by atoms with Gasteiger partial charge in [-0.15, -0.1) is 0 Å². The highest BCUT2D eigenvalue weighted by molar-refractivity contribution is 9.10. The number of benzene rings is 1. The SMILES string of the molecule is Oc1ccc(F)c(CC2CCCN2)c1Br. The van der Waals surface area contributed by atoms with Crippen molar-refractivity contribution in [3.05, 3.63) is 28.0 Å². The van der Waals surface area contributed by atoms with Crippen molar-refractivity contribution < 1.29 is 9.50 Å². The van der Waals surface area contributed by atoms with Gasteiger partial charge in [-0.05, 0) is 53.9 Å². The maximum atomic E-state index is 13.5. The van der Waals surface area contributed by atoms with Crippen molar-refractivity contribution in [3.63, 3.8) is 0 Å². The lowest BCUT2D eigenvalue weighted by Crippen LogP contribution is -2.24. The van der Waals surface area contributed by atoms with Crippen LogP contribution in [-0.2, 0) is 6.42 Å². The Morgan fingerprint density at radius 2 is 2.33 bits per heavy atom. The predicted octanol–water partition coefficient (Wildman–Crippen LogP) is 2.59. The van der Waals surface area contributed by atoms with Gasteiger partial charge in [0.25, 0.3) is 0 Å². The smallest absolute Gasteiger partial charge is 0.130 e. The van der Waals surface area contributed by atoms with Crippen LogP contribution < -0.4 is 5.32 Å². The lowest BCUT2D eigenvalue weighted by Gasteiger charge is -2.13. The van der Waals surface area contributed by atoms with E-state index in [-0.39, 0.29) is 11.6 Å². The zero-order valence-corrected chi connectivity index (χ0v) is 9.85. The lowest BCUT2D eigenvalue weighted by atomic mass is 10.0. The van der Waals surface area contributed by atoms with Gasteiger partial charge >= 0.3 is 0 Å². The highest BCUT2D eigenvalue weighted by Gasteiger charge is 2.19. The molecule has 82 valence electrons. The molecule has 0 spiro atoms. The molecule has 15 heavy (non-hydrogen) atoms. The van der Waals surface area contributed by atoms with E-state index in [0.717, 1.165) is 19.4 Å². The van der Waals surface area contributed by atoms with Crippen molar-refractivity contribution in [2.45, 2.75) is 25.3 Å². The Morgan fingerprint density at radius 1 is 1.53 bits per heavy atom. The Labute approximate surface area is 96.6 Å². The quantitative estimate of drug-likeness (QED) is 0.868. The molecular weight excluding hydrogens is 261 g/mol. The van der Waals surface area contributed by atoms with Crippen molar-refractivity contribution in [1.29, 1.82) is 0 Å². The third-order valence-electron chi connectivity index (χ3n) is 2.78. The molecule has 0 aliphatic carbocycles. The molecule has 0 radical (unpaired) electrons. The molecule has 1 heterocycles. The molecule has 4 heteroatoms. The number of nitrogens with one attached hydrogen (secondary N) is 1. The Morgan fingerprint density at radius 3 is 3.00 bits per heavy atom. The van der Waals surface area contributed by atoms with Gasteiger partial charge < -0.3 is 10.4 Å². The number of phenolic OH excluding ortho intramolecular Hbond substituents is 1. The van der Waals surface area contributed by atoms with E-state index < -0.39 is 0 Å². The summed E-state index contributed by atoms with van der Waals surface area (Å²) in [4.78, 5) is 0. The van der Waals surface area contributed by atoms with Gasteiger partial charge in [0.1, 0.15) is 11.6 Å². The maximum Gasteiger partial charge on any atom is 0.130 e. The normalized spacial score (nSPS) is 20.8. The lowest BCUT2D eigenvalue weighted by molar-refractivity contribution is 0.465. The fraction of sp³-hybridized carbons (Fsp3) is 0.455. The first-order valence-corrected chi connectivity index (χ1v) is 5.87. The fourth-order valence-electron chi connectivity index (χ4n) is 1.95. The molecular formula is C11H13BrFNO. The minimum atomic E-state index is -0.256. The first-order chi connectivity index (χ1) is 7.18. The highest BCUT2D eigenvalue weighted by atomic mass is 79.9. The van der Waals surface area contributed by atoms with Crippen LogP contribution in [0.2, 0.25) is 0 Å². The molecule has 0 aromatic heterocycles. The molecule has 0 saturated carbocycles. The van der Waals surface area contributed by atoms with Gasteiger partial charge in [-0.2, -0.15) is 0 Å². The van der Waals surface area contributed by atoms with Gasteiger partial charge in [0.15, 0.2) is 0 Å². The summed E-state index contributed by atoms with van der Waals surface area (Å²) in [6.45, 7) is 1.00. The summed E-state index contributed by atoms with van der Waals surface area (Å²) in [5.41, 5.74) is 0.564. The molecule has 0 bridgehead atoms. The molecule has 1 aliphatic rings. The summed E-state index contributed by atoms with van der Waals surface area (Å²) in [6, 6.07) is 3.01. The third-order valence-corrected chi connectivity index (χ3v) is 3.66. The highest BCUT2D eigenvalue weighted by Crippen LogP contribution is 2.31. The van der Waals surface area contributed by atoms with Crippen LogP contribution in [0.3, 0.4) is 0 Å². The summed E-state index contributed by atoms with van der Waals surface area (Å²) in [7, 11) is 0. The third kappa shape index (κ3) is 2.32. The largest absolute Gasteiger partial charge is 0.507 e. The number of hydrogen-bond donors (Lipinski definition) is 2. The van der Waals surface area contributed by atoms with Crippen LogP contribution in [0.15, 0.2) is 16.6 Å². The van der Waals surface area contributed by atoms with Crippen LogP contribution >= 0.6 is 15.9 Å². The molecule has 1 atom stereocenters. The van der Waals surface area contributed by atoms with Gasteiger partial charge in [-0.1, -0.05) is 0 Å². The fourth-order valence-corrected chi connectivity index (χ4v) is 2.43. The molecule has 1 aromatic rings. The Kier molecular flexibility index (Phi) is 3.26. The van der Waals surface area contributed by atoms with Gasteiger partial charge in [0.05, 0.1) is 4.47 Å². The summed E-state index contributed by atoms with van der Waals surface area (Å²) in [5, 5.41) is 12.8. The van der Waals surface area contributed by atoms with E-state index in [0.29, 0.717) is 22.5 Å². The zero-order chi connectivity index (χ0) is 10.8. The summed E-state index contributed by atoms with van der Waals surface area (Å²) in [5.74, 6) is -0.155. The van der Waals surface area contributed by atoms with Crippen molar-refractivity contribution >= 4 is 15.9 Å². The van der Waals surface area contributed by atoms with Gasteiger partial charge in [-0.3, -0.25) is 0 Å². The van der Waals surface area contributed by atoms with Crippen molar-refractivity contribution in [1.82, 2.24) is 5.32 Å². The minimum absolute atomic E-state index is 0.101. The van der Waals surface area contributed by atoms with Gasteiger partial charge in [0, 0.05) is 11.6 Å². The molecule has 1 aromatic carbocycles. The summed E-state index contributed by atoms with van der Waals surface area (Å²) < 4.78 is 14.0. The second-order valence-corrected chi connectivity index (χ2v) is 4.65. The van der Waals surface area contributed by atoms with E-state index in [9.17, 15) is 9.50 Å². The molecule has 2 rings (SSSR count). The first kappa shape index (κ1) is 10.9. The molecule has 1 saturated heterocycles. The van der Waals surface area contributed by atoms with Crippen LogP contribution in [0.1, 0.15) is 18.4 Å². The second-order valence-electron chi connectivity index (χ2n) is 3.86. The number of hydrogen-bond acceptors (Lipinski definition) is 2. The molecule has 1 unspecified atom stereocenters.